The van der Waals surface area contributed by atoms with E-state index < -0.39 is 0 Å². The van der Waals surface area contributed by atoms with Crippen LogP contribution < -0.4 is 10.6 Å². The molecule has 1 fully saturated rings. The van der Waals surface area contributed by atoms with Gasteiger partial charge in [0, 0.05) is 10.7 Å². The van der Waals surface area contributed by atoms with E-state index in [1.54, 1.807) is 12.1 Å². The summed E-state index contributed by atoms with van der Waals surface area (Å²) < 4.78 is 0. The van der Waals surface area contributed by atoms with E-state index in [1.807, 2.05) is 23.9 Å². The van der Waals surface area contributed by atoms with E-state index in [4.69, 9.17) is 11.6 Å². The highest BCUT2D eigenvalue weighted by atomic mass is 35.5. The first-order valence-electron chi connectivity index (χ1n) is 6.58. The summed E-state index contributed by atoms with van der Waals surface area (Å²) >= 11 is 7.89. The molecular formula is C14H19ClN2OS. The second-order valence-electron chi connectivity index (χ2n) is 4.75. The van der Waals surface area contributed by atoms with Gasteiger partial charge in [-0.25, -0.2) is 0 Å². The van der Waals surface area contributed by atoms with E-state index >= 15 is 0 Å². The second kappa shape index (κ2) is 7.78. The predicted octanol–water partition coefficient (Wildman–Crippen LogP) is 3.01. The average Bonchev–Trinajstić information content (AvgIpc) is 2.40. The number of benzene rings is 1. The molecule has 1 aliphatic rings. The quantitative estimate of drug-likeness (QED) is 0.878. The Balaban J connectivity index is 1.67. The first-order valence-corrected chi connectivity index (χ1v) is 8.11. The predicted molar refractivity (Wildman–Crippen MR) is 83.0 cm³/mol. The highest BCUT2D eigenvalue weighted by Crippen LogP contribution is 2.21. The van der Waals surface area contributed by atoms with Crippen molar-refractivity contribution in [2.75, 3.05) is 29.9 Å². The van der Waals surface area contributed by atoms with Gasteiger partial charge in [0.2, 0.25) is 5.91 Å². The summed E-state index contributed by atoms with van der Waals surface area (Å²) in [5.74, 6) is 3.20. The van der Waals surface area contributed by atoms with Crippen molar-refractivity contribution in [1.29, 1.82) is 0 Å². The molecule has 0 saturated carbocycles. The van der Waals surface area contributed by atoms with Gasteiger partial charge in [0.15, 0.2) is 0 Å². The molecule has 0 bridgehead atoms. The largest absolute Gasteiger partial charge is 0.325 e. The SMILES string of the molecule is O=C(CNCC1CCSCC1)Nc1cccc(Cl)c1. The molecule has 5 heteroatoms. The molecule has 2 rings (SSSR count). The molecule has 3 nitrogen and oxygen atoms in total. The molecule has 0 spiro atoms. The summed E-state index contributed by atoms with van der Waals surface area (Å²) in [7, 11) is 0. The van der Waals surface area contributed by atoms with Crippen LogP contribution in [0.15, 0.2) is 24.3 Å². The van der Waals surface area contributed by atoms with Crippen LogP contribution in [0.3, 0.4) is 0 Å². The summed E-state index contributed by atoms with van der Waals surface area (Å²) in [4.78, 5) is 11.7. The van der Waals surface area contributed by atoms with Gasteiger partial charge in [-0.3, -0.25) is 4.79 Å². The summed E-state index contributed by atoms with van der Waals surface area (Å²) in [6.45, 7) is 1.29. The number of carbonyl (C=O) groups is 1. The van der Waals surface area contributed by atoms with Crippen molar-refractivity contribution < 1.29 is 4.79 Å². The lowest BCUT2D eigenvalue weighted by Gasteiger charge is -2.21. The van der Waals surface area contributed by atoms with E-state index in [1.165, 1.54) is 24.3 Å². The van der Waals surface area contributed by atoms with Crippen LogP contribution in [-0.2, 0) is 4.79 Å². The lowest BCUT2D eigenvalue weighted by atomic mass is 10.0. The number of anilines is 1. The molecule has 1 saturated heterocycles. The molecule has 104 valence electrons. The van der Waals surface area contributed by atoms with Gasteiger partial charge in [0.25, 0.3) is 0 Å². The molecule has 1 amide bonds. The number of nitrogens with one attached hydrogen (secondary N) is 2. The molecular weight excluding hydrogens is 280 g/mol. The van der Waals surface area contributed by atoms with Crippen molar-refractivity contribution >= 4 is 35.0 Å². The number of hydrogen-bond acceptors (Lipinski definition) is 3. The maximum atomic E-state index is 11.7. The van der Waals surface area contributed by atoms with Gasteiger partial charge in [-0.05, 0) is 55.0 Å². The van der Waals surface area contributed by atoms with Gasteiger partial charge in [-0.15, -0.1) is 0 Å². The van der Waals surface area contributed by atoms with Crippen LogP contribution in [0.4, 0.5) is 5.69 Å². The fraction of sp³-hybridized carbons (Fsp3) is 0.500. The smallest absolute Gasteiger partial charge is 0.238 e. The Morgan fingerprint density at radius 2 is 2.16 bits per heavy atom. The Morgan fingerprint density at radius 3 is 2.89 bits per heavy atom. The standard InChI is InChI=1S/C14H19ClN2OS/c15-12-2-1-3-13(8-12)17-14(18)10-16-9-11-4-6-19-7-5-11/h1-3,8,11,16H,4-7,9-10H2,(H,17,18). The third-order valence-corrected chi connectivity index (χ3v) is 4.45. The molecule has 0 aromatic heterocycles. The van der Waals surface area contributed by atoms with Crippen LogP contribution in [0.2, 0.25) is 5.02 Å². The first-order chi connectivity index (χ1) is 9.24. The number of rotatable bonds is 5. The van der Waals surface area contributed by atoms with Crippen molar-refractivity contribution in [3.63, 3.8) is 0 Å². The van der Waals surface area contributed by atoms with Gasteiger partial charge >= 0.3 is 0 Å². The number of hydrogen-bond donors (Lipinski definition) is 2. The molecule has 0 unspecified atom stereocenters. The molecule has 1 aliphatic heterocycles. The number of thioether (sulfide) groups is 1. The zero-order chi connectivity index (χ0) is 13.5. The van der Waals surface area contributed by atoms with E-state index in [2.05, 4.69) is 10.6 Å². The van der Waals surface area contributed by atoms with Crippen molar-refractivity contribution in [2.24, 2.45) is 5.92 Å². The third-order valence-electron chi connectivity index (χ3n) is 3.17. The average molecular weight is 299 g/mol. The lowest BCUT2D eigenvalue weighted by molar-refractivity contribution is -0.115. The lowest BCUT2D eigenvalue weighted by Crippen LogP contribution is -2.32. The van der Waals surface area contributed by atoms with Crippen molar-refractivity contribution in [1.82, 2.24) is 5.32 Å². The highest BCUT2D eigenvalue weighted by Gasteiger charge is 2.13. The normalized spacial score (nSPS) is 16.3. The molecule has 0 radical (unpaired) electrons. The van der Waals surface area contributed by atoms with E-state index in [9.17, 15) is 4.79 Å². The van der Waals surface area contributed by atoms with Crippen molar-refractivity contribution in [3.8, 4) is 0 Å². The van der Waals surface area contributed by atoms with Gasteiger partial charge in [0.1, 0.15) is 0 Å². The zero-order valence-electron chi connectivity index (χ0n) is 10.8. The maximum absolute atomic E-state index is 11.7. The summed E-state index contributed by atoms with van der Waals surface area (Å²) in [6, 6.07) is 7.20. The third kappa shape index (κ3) is 5.43. The number of carbonyl (C=O) groups excluding carboxylic acids is 1. The number of halogens is 1. The highest BCUT2D eigenvalue weighted by molar-refractivity contribution is 7.99. The topological polar surface area (TPSA) is 41.1 Å². The van der Waals surface area contributed by atoms with Crippen molar-refractivity contribution in [2.45, 2.75) is 12.8 Å². The zero-order valence-corrected chi connectivity index (χ0v) is 12.4. The van der Waals surface area contributed by atoms with Crippen LogP contribution in [0.25, 0.3) is 0 Å². The van der Waals surface area contributed by atoms with Crippen LogP contribution in [0.1, 0.15) is 12.8 Å². The Labute approximate surface area is 123 Å². The minimum Gasteiger partial charge on any atom is -0.325 e. The molecule has 19 heavy (non-hydrogen) atoms. The molecule has 1 aromatic carbocycles. The Hall–Kier alpha value is -0.710. The fourth-order valence-corrected chi connectivity index (χ4v) is 3.51. The Morgan fingerprint density at radius 1 is 1.37 bits per heavy atom. The Bertz CT molecular complexity index is 422. The van der Waals surface area contributed by atoms with Crippen molar-refractivity contribution in [3.05, 3.63) is 29.3 Å². The van der Waals surface area contributed by atoms with Crippen LogP contribution in [-0.4, -0.2) is 30.5 Å². The maximum Gasteiger partial charge on any atom is 0.238 e. The van der Waals surface area contributed by atoms with E-state index in [0.29, 0.717) is 11.6 Å². The summed E-state index contributed by atoms with van der Waals surface area (Å²) in [6.07, 6.45) is 2.52. The summed E-state index contributed by atoms with van der Waals surface area (Å²) in [5, 5.41) is 6.70. The summed E-state index contributed by atoms with van der Waals surface area (Å²) in [5.41, 5.74) is 0.744. The molecule has 0 aliphatic carbocycles. The monoisotopic (exact) mass is 298 g/mol. The van der Waals surface area contributed by atoms with Crippen LogP contribution in [0.5, 0.6) is 0 Å². The Kier molecular flexibility index (Phi) is 6.01. The van der Waals surface area contributed by atoms with Gasteiger partial charge in [-0.1, -0.05) is 17.7 Å². The van der Waals surface area contributed by atoms with Gasteiger partial charge in [-0.2, -0.15) is 11.8 Å². The fourth-order valence-electron chi connectivity index (χ4n) is 2.11. The van der Waals surface area contributed by atoms with E-state index in [0.717, 1.165) is 18.2 Å². The molecule has 0 atom stereocenters. The minimum absolute atomic E-state index is 0.0209. The van der Waals surface area contributed by atoms with Crippen LogP contribution >= 0.6 is 23.4 Å². The van der Waals surface area contributed by atoms with Crippen LogP contribution in [0, 0.1) is 5.92 Å². The second-order valence-corrected chi connectivity index (χ2v) is 6.41. The van der Waals surface area contributed by atoms with Gasteiger partial charge < -0.3 is 10.6 Å². The van der Waals surface area contributed by atoms with Gasteiger partial charge in [0.05, 0.1) is 6.54 Å². The molecule has 1 heterocycles. The number of amides is 1. The molecule has 2 N–H and O–H groups in total. The van der Waals surface area contributed by atoms with E-state index in [-0.39, 0.29) is 5.91 Å². The minimum atomic E-state index is -0.0209. The first kappa shape index (κ1) is 14.7. The molecule has 1 aromatic rings.